The van der Waals surface area contributed by atoms with E-state index in [0.29, 0.717) is 0 Å². The molecule has 1 atom stereocenters. The summed E-state index contributed by atoms with van der Waals surface area (Å²) in [6, 6.07) is 15.0. The van der Waals surface area contributed by atoms with Crippen LogP contribution in [0.3, 0.4) is 0 Å². The Balaban J connectivity index is 2.22. The number of benzene rings is 2. The summed E-state index contributed by atoms with van der Waals surface area (Å²) >= 11 is 9.61. The number of rotatable bonds is 4. The van der Waals surface area contributed by atoms with E-state index >= 15 is 0 Å². The first-order valence-electron chi connectivity index (χ1n) is 6.27. The van der Waals surface area contributed by atoms with Gasteiger partial charge in [0.15, 0.2) is 0 Å². The number of nitrogens with one attached hydrogen (secondary N) is 1. The van der Waals surface area contributed by atoms with Gasteiger partial charge >= 0.3 is 0 Å². The Labute approximate surface area is 128 Å². The van der Waals surface area contributed by atoms with Gasteiger partial charge in [-0.15, -0.1) is 0 Å². The van der Waals surface area contributed by atoms with Gasteiger partial charge in [0.05, 0.1) is 0 Å². The summed E-state index contributed by atoms with van der Waals surface area (Å²) in [5.41, 5.74) is 3.80. The fourth-order valence-electron chi connectivity index (χ4n) is 2.12. The number of likely N-dealkylation sites (N-methyl/N-ethyl adjacent to an activating group) is 1. The number of aryl methyl sites for hydroxylation is 1. The fraction of sp³-hybridized carbons (Fsp3) is 0.250. The van der Waals surface area contributed by atoms with E-state index in [0.717, 1.165) is 15.9 Å². The SMILES string of the molecule is CNC(Cc1ccc(C)cc1)c1cc(Cl)cc(Br)c1. The van der Waals surface area contributed by atoms with Crippen LogP contribution in [0.4, 0.5) is 0 Å². The van der Waals surface area contributed by atoms with Gasteiger partial charge in [-0.2, -0.15) is 0 Å². The highest BCUT2D eigenvalue weighted by molar-refractivity contribution is 9.10. The number of halogens is 2. The Bertz CT molecular complexity index is 531. The van der Waals surface area contributed by atoms with Crippen molar-refractivity contribution in [2.45, 2.75) is 19.4 Å². The molecule has 1 nitrogen and oxygen atoms in total. The zero-order valence-corrected chi connectivity index (χ0v) is 13.4. The van der Waals surface area contributed by atoms with Gasteiger partial charge in [-0.3, -0.25) is 0 Å². The van der Waals surface area contributed by atoms with Crippen LogP contribution < -0.4 is 5.32 Å². The van der Waals surface area contributed by atoms with Gasteiger partial charge in [0, 0.05) is 15.5 Å². The summed E-state index contributed by atoms with van der Waals surface area (Å²) in [6.45, 7) is 2.10. The molecule has 19 heavy (non-hydrogen) atoms. The lowest BCUT2D eigenvalue weighted by atomic mass is 9.98. The van der Waals surface area contributed by atoms with Gasteiger partial charge < -0.3 is 5.32 Å². The minimum absolute atomic E-state index is 0.262. The molecule has 0 aliphatic carbocycles. The molecule has 0 saturated heterocycles. The fourth-order valence-corrected chi connectivity index (χ4v) is 3.01. The van der Waals surface area contributed by atoms with E-state index in [1.54, 1.807) is 0 Å². The summed E-state index contributed by atoms with van der Waals surface area (Å²) < 4.78 is 1.01. The van der Waals surface area contributed by atoms with Crippen molar-refractivity contribution in [2.24, 2.45) is 0 Å². The van der Waals surface area contributed by atoms with Crippen LogP contribution in [0.5, 0.6) is 0 Å². The van der Waals surface area contributed by atoms with E-state index in [1.807, 2.05) is 19.2 Å². The van der Waals surface area contributed by atoms with E-state index in [-0.39, 0.29) is 6.04 Å². The van der Waals surface area contributed by atoms with Crippen molar-refractivity contribution in [1.29, 1.82) is 0 Å². The minimum atomic E-state index is 0.262. The summed E-state index contributed by atoms with van der Waals surface area (Å²) in [6.07, 6.45) is 0.948. The van der Waals surface area contributed by atoms with Crippen LogP contribution in [0.2, 0.25) is 5.02 Å². The molecule has 2 aromatic carbocycles. The summed E-state index contributed by atoms with van der Waals surface area (Å²) in [7, 11) is 1.98. The maximum atomic E-state index is 6.12. The second-order valence-electron chi connectivity index (χ2n) is 4.73. The smallest absolute Gasteiger partial charge is 0.0420 e. The Kier molecular flexibility index (Phi) is 5.03. The normalized spacial score (nSPS) is 12.4. The average molecular weight is 339 g/mol. The first-order chi connectivity index (χ1) is 9.08. The minimum Gasteiger partial charge on any atom is -0.313 e. The molecule has 0 radical (unpaired) electrons. The summed E-state index contributed by atoms with van der Waals surface area (Å²) in [5.74, 6) is 0. The van der Waals surface area contributed by atoms with Crippen molar-refractivity contribution in [2.75, 3.05) is 7.05 Å². The monoisotopic (exact) mass is 337 g/mol. The second-order valence-corrected chi connectivity index (χ2v) is 6.09. The molecule has 0 aliphatic rings. The first kappa shape index (κ1) is 14.6. The van der Waals surface area contributed by atoms with E-state index in [1.165, 1.54) is 16.7 Å². The standard InChI is InChI=1S/C16H17BrClN/c1-11-3-5-12(6-4-11)7-16(19-2)13-8-14(17)10-15(18)9-13/h3-6,8-10,16,19H,7H2,1-2H3. The van der Waals surface area contributed by atoms with Crippen molar-refractivity contribution in [3.8, 4) is 0 Å². The Morgan fingerprint density at radius 2 is 1.84 bits per heavy atom. The maximum Gasteiger partial charge on any atom is 0.0420 e. The van der Waals surface area contributed by atoms with E-state index in [9.17, 15) is 0 Å². The third kappa shape index (κ3) is 4.07. The molecule has 0 aliphatic heterocycles. The van der Waals surface area contributed by atoms with Crippen molar-refractivity contribution in [3.63, 3.8) is 0 Å². The third-order valence-electron chi connectivity index (χ3n) is 3.20. The number of hydrogen-bond acceptors (Lipinski definition) is 1. The van der Waals surface area contributed by atoms with Gasteiger partial charge in [-0.1, -0.05) is 57.4 Å². The molecular weight excluding hydrogens is 322 g/mol. The Morgan fingerprint density at radius 1 is 1.16 bits per heavy atom. The first-order valence-corrected chi connectivity index (χ1v) is 7.44. The van der Waals surface area contributed by atoms with Crippen LogP contribution in [0.1, 0.15) is 22.7 Å². The molecule has 0 amide bonds. The third-order valence-corrected chi connectivity index (χ3v) is 3.87. The highest BCUT2D eigenvalue weighted by atomic mass is 79.9. The van der Waals surface area contributed by atoms with Crippen molar-refractivity contribution < 1.29 is 0 Å². The zero-order valence-electron chi connectivity index (χ0n) is 11.1. The van der Waals surface area contributed by atoms with Crippen molar-refractivity contribution >= 4 is 27.5 Å². The molecule has 2 aromatic rings. The van der Waals surface area contributed by atoms with Gasteiger partial charge in [0.1, 0.15) is 0 Å². The molecular formula is C16H17BrClN. The summed E-state index contributed by atoms with van der Waals surface area (Å²) in [5, 5.41) is 4.11. The van der Waals surface area contributed by atoms with E-state index in [2.05, 4.69) is 58.5 Å². The highest BCUT2D eigenvalue weighted by Crippen LogP contribution is 2.26. The highest BCUT2D eigenvalue weighted by Gasteiger charge is 2.11. The van der Waals surface area contributed by atoms with Crippen molar-refractivity contribution in [3.05, 3.63) is 68.7 Å². The molecule has 0 saturated carbocycles. The van der Waals surface area contributed by atoms with Crippen LogP contribution in [0.15, 0.2) is 46.9 Å². The summed E-state index contributed by atoms with van der Waals surface area (Å²) in [4.78, 5) is 0. The lowest BCUT2D eigenvalue weighted by Crippen LogP contribution is -2.18. The predicted molar refractivity (Wildman–Crippen MR) is 85.8 cm³/mol. The maximum absolute atomic E-state index is 6.12. The van der Waals surface area contributed by atoms with Crippen LogP contribution in [-0.2, 0) is 6.42 Å². The lowest BCUT2D eigenvalue weighted by Gasteiger charge is -2.17. The molecule has 100 valence electrons. The quantitative estimate of drug-likeness (QED) is 0.835. The molecule has 0 heterocycles. The Morgan fingerprint density at radius 3 is 2.42 bits per heavy atom. The number of hydrogen-bond donors (Lipinski definition) is 1. The van der Waals surface area contributed by atoms with Gasteiger partial charge in [0.2, 0.25) is 0 Å². The van der Waals surface area contributed by atoms with Crippen LogP contribution in [0.25, 0.3) is 0 Å². The molecule has 1 unspecified atom stereocenters. The lowest BCUT2D eigenvalue weighted by molar-refractivity contribution is 0.592. The van der Waals surface area contributed by atoms with E-state index < -0.39 is 0 Å². The van der Waals surface area contributed by atoms with E-state index in [4.69, 9.17) is 11.6 Å². The molecule has 0 bridgehead atoms. The van der Waals surface area contributed by atoms with Crippen molar-refractivity contribution in [1.82, 2.24) is 5.32 Å². The molecule has 2 rings (SSSR count). The topological polar surface area (TPSA) is 12.0 Å². The molecule has 1 N–H and O–H groups in total. The molecule has 3 heteroatoms. The van der Waals surface area contributed by atoms with Crippen LogP contribution in [0, 0.1) is 6.92 Å². The molecule has 0 aromatic heterocycles. The van der Waals surface area contributed by atoms with Crippen LogP contribution in [-0.4, -0.2) is 7.05 Å². The van der Waals surface area contributed by atoms with Gasteiger partial charge in [-0.25, -0.2) is 0 Å². The molecule has 0 spiro atoms. The predicted octanol–water partition coefficient (Wildman–Crippen LogP) is 4.91. The molecule has 0 fully saturated rings. The van der Waals surface area contributed by atoms with Gasteiger partial charge in [-0.05, 0) is 49.7 Å². The second kappa shape index (κ2) is 6.56. The zero-order chi connectivity index (χ0) is 13.8. The Hall–Kier alpha value is -0.830. The van der Waals surface area contributed by atoms with Crippen LogP contribution >= 0.6 is 27.5 Å². The average Bonchev–Trinajstić information content (AvgIpc) is 2.37. The van der Waals surface area contributed by atoms with Gasteiger partial charge in [0.25, 0.3) is 0 Å². The largest absolute Gasteiger partial charge is 0.313 e.